The number of nitrogens with two attached hydrogens (primary N) is 2. The minimum atomic E-state index is -5.01. The van der Waals surface area contributed by atoms with Crippen molar-refractivity contribution in [1.29, 1.82) is 0 Å². The van der Waals surface area contributed by atoms with Crippen molar-refractivity contribution in [2.24, 2.45) is 0 Å². The molecule has 45 heavy (non-hydrogen) atoms. The number of hydrogen-bond acceptors (Lipinski definition) is 17. The summed E-state index contributed by atoms with van der Waals surface area (Å²) in [6.45, 7) is -0.774. The van der Waals surface area contributed by atoms with Gasteiger partial charge in [-0.05, 0) is 6.42 Å². The molecule has 10 unspecified atom stereocenters. The molecule has 0 spiro atoms. The predicted molar refractivity (Wildman–Crippen MR) is 147 cm³/mol. The molecular weight excluding hydrogens is 646 g/mol. The van der Waals surface area contributed by atoms with E-state index in [1.54, 1.807) is 0 Å². The lowest BCUT2D eigenvalue weighted by molar-refractivity contribution is -0.0553. The van der Waals surface area contributed by atoms with Crippen LogP contribution in [0.3, 0.4) is 0 Å². The molecule has 242 valence electrons. The largest absolute Gasteiger partial charge is 0.472 e. The summed E-state index contributed by atoms with van der Waals surface area (Å²) in [5, 5.41) is 22.2. The van der Waals surface area contributed by atoms with Crippen molar-refractivity contribution in [3.8, 4) is 0 Å². The van der Waals surface area contributed by atoms with Gasteiger partial charge in [0.15, 0.2) is 35.1 Å². The lowest BCUT2D eigenvalue weighted by atomic mass is 10.1. The zero-order valence-corrected chi connectivity index (χ0v) is 24.5. The topological polar surface area (TPSA) is 320 Å². The summed E-state index contributed by atoms with van der Waals surface area (Å²) in [5.41, 5.74) is 11.0. The van der Waals surface area contributed by atoms with Gasteiger partial charge in [0.25, 0.3) is 5.56 Å². The molecule has 7 heterocycles. The van der Waals surface area contributed by atoms with Crippen LogP contribution in [-0.4, -0.2) is 108 Å². The molecule has 3 aliphatic rings. The SMILES string of the molecule is Nc1nc2c(ncn2C2OC3COP(=O)(O)OC4C(CCP(=O)(O)OC2C3O)OC(n2cnc3c(N)ncnc32)C4O)c(=O)[nH]1. The van der Waals surface area contributed by atoms with Crippen LogP contribution in [0, 0.1) is 0 Å². The van der Waals surface area contributed by atoms with E-state index in [2.05, 4.69) is 29.9 Å². The first-order chi connectivity index (χ1) is 21.3. The summed E-state index contributed by atoms with van der Waals surface area (Å²) in [5.74, 6) is -0.201. The molecule has 10 atom stereocenters. The number of aromatic nitrogens is 8. The van der Waals surface area contributed by atoms with Crippen LogP contribution >= 0.6 is 15.4 Å². The number of hydrogen-bond donors (Lipinski definition) is 7. The molecule has 0 radical (unpaired) electrons. The van der Waals surface area contributed by atoms with Gasteiger partial charge >= 0.3 is 15.4 Å². The summed E-state index contributed by atoms with van der Waals surface area (Å²) in [4.78, 5) is 56.2. The van der Waals surface area contributed by atoms with Gasteiger partial charge in [0, 0.05) is 0 Å². The number of imidazole rings is 2. The van der Waals surface area contributed by atoms with Crippen LogP contribution in [-0.2, 0) is 32.2 Å². The van der Waals surface area contributed by atoms with E-state index in [0.29, 0.717) is 0 Å². The number of phosphoric acid groups is 1. The Morgan fingerprint density at radius 2 is 1.60 bits per heavy atom. The maximum atomic E-state index is 13.4. The van der Waals surface area contributed by atoms with Gasteiger partial charge in [-0.2, -0.15) is 4.98 Å². The second-order valence-electron chi connectivity index (χ2n) is 10.5. The fraction of sp³-hybridized carbons (Fsp3) is 0.524. The third-order valence-corrected chi connectivity index (χ3v) is 10.0. The lowest BCUT2D eigenvalue weighted by Gasteiger charge is -2.26. The number of fused-ring (bicyclic) bond motifs is 5. The van der Waals surface area contributed by atoms with Crippen molar-refractivity contribution in [3.63, 3.8) is 0 Å². The summed E-state index contributed by atoms with van der Waals surface area (Å²) in [6, 6.07) is 0. The molecule has 3 aliphatic heterocycles. The van der Waals surface area contributed by atoms with Crippen LogP contribution in [0.1, 0.15) is 18.9 Å². The van der Waals surface area contributed by atoms with Gasteiger partial charge in [0.1, 0.15) is 42.4 Å². The summed E-state index contributed by atoms with van der Waals surface area (Å²) < 4.78 is 56.8. The van der Waals surface area contributed by atoms with Crippen LogP contribution in [0.15, 0.2) is 23.8 Å². The first kappa shape index (κ1) is 30.3. The smallest absolute Gasteiger partial charge is 0.387 e. The van der Waals surface area contributed by atoms with Crippen molar-refractivity contribution in [2.45, 2.75) is 55.5 Å². The van der Waals surface area contributed by atoms with Crippen molar-refractivity contribution in [1.82, 2.24) is 39.0 Å². The lowest BCUT2D eigenvalue weighted by Crippen LogP contribution is -2.35. The van der Waals surface area contributed by atoms with Crippen molar-refractivity contribution in [2.75, 3.05) is 24.2 Å². The third-order valence-electron chi connectivity index (χ3n) is 7.65. The van der Waals surface area contributed by atoms with Crippen LogP contribution in [0.5, 0.6) is 0 Å². The average Bonchev–Trinajstić information content (AvgIpc) is 3.72. The van der Waals surface area contributed by atoms with Gasteiger partial charge in [-0.15, -0.1) is 0 Å². The Morgan fingerprint density at radius 3 is 2.38 bits per heavy atom. The first-order valence-electron chi connectivity index (χ1n) is 13.3. The van der Waals surface area contributed by atoms with Crippen LogP contribution in [0.2, 0.25) is 0 Å². The van der Waals surface area contributed by atoms with Gasteiger partial charge in [0.05, 0.1) is 31.5 Å². The first-order valence-corrected chi connectivity index (χ1v) is 16.6. The molecule has 0 saturated carbocycles. The van der Waals surface area contributed by atoms with Gasteiger partial charge in [-0.1, -0.05) is 0 Å². The molecule has 3 saturated heterocycles. The molecule has 0 aromatic carbocycles. The third kappa shape index (κ3) is 5.32. The van der Waals surface area contributed by atoms with Crippen molar-refractivity contribution in [3.05, 3.63) is 29.3 Å². The molecule has 0 amide bonds. The number of aliphatic hydroxyl groups excluding tert-OH is 2. The number of ether oxygens (including phenoxy) is 2. The minimum Gasteiger partial charge on any atom is -0.387 e. The number of H-pyrrole nitrogens is 1. The zero-order valence-electron chi connectivity index (χ0n) is 22.7. The van der Waals surface area contributed by atoms with E-state index in [4.69, 9.17) is 34.5 Å². The Bertz CT molecular complexity index is 1940. The Hall–Kier alpha value is -3.40. The second kappa shape index (κ2) is 10.9. The van der Waals surface area contributed by atoms with E-state index >= 15 is 0 Å². The predicted octanol–water partition coefficient (Wildman–Crippen LogP) is -1.88. The fourth-order valence-corrected chi connectivity index (χ4v) is 7.84. The zero-order chi connectivity index (χ0) is 31.8. The molecule has 3 fully saturated rings. The van der Waals surface area contributed by atoms with Crippen LogP contribution in [0.25, 0.3) is 22.3 Å². The molecule has 24 heteroatoms. The number of phosphoric ester groups is 1. The van der Waals surface area contributed by atoms with Crippen LogP contribution in [0.4, 0.5) is 11.8 Å². The van der Waals surface area contributed by atoms with E-state index in [9.17, 15) is 33.9 Å². The number of nitrogens with zero attached hydrogens (tertiary/aromatic N) is 7. The Balaban J connectivity index is 1.21. The average molecular weight is 672 g/mol. The second-order valence-corrected chi connectivity index (χ2v) is 13.9. The maximum Gasteiger partial charge on any atom is 0.472 e. The maximum absolute atomic E-state index is 13.4. The van der Waals surface area contributed by atoms with Crippen LogP contribution < -0.4 is 17.0 Å². The number of aliphatic hydroxyl groups is 2. The number of nitrogens with one attached hydrogen (secondary N) is 1. The number of aromatic amines is 1. The molecule has 0 aliphatic carbocycles. The van der Waals surface area contributed by atoms with Crippen molar-refractivity contribution >= 4 is 49.5 Å². The molecule has 4 aromatic rings. The van der Waals surface area contributed by atoms with Gasteiger partial charge in [-0.25, -0.2) is 24.5 Å². The van der Waals surface area contributed by atoms with E-state index in [-0.39, 0.29) is 40.5 Å². The van der Waals surface area contributed by atoms with E-state index < -0.39 is 82.8 Å². The fourth-order valence-electron chi connectivity index (χ4n) is 5.58. The molecular formula is C21H26N10O12P2. The highest BCUT2D eigenvalue weighted by Crippen LogP contribution is 2.54. The Labute approximate surface area is 250 Å². The highest BCUT2D eigenvalue weighted by Gasteiger charge is 2.53. The normalized spacial score (nSPS) is 37.7. The summed E-state index contributed by atoms with van der Waals surface area (Å²) in [7, 11) is -9.62. The molecule has 9 N–H and O–H groups in total. The van der Waals surface area contributed by atoms with E-state index in [1.807, 2.05) is 0 Å². The molecule has 22 nitrogen and oxygen atoms in total. The van der Waals surface area contributed by atoms with Crippen molar-refractivity contribution < 1.29 is 52.2 Å². The Morgan fingerprint density at radius 1 is 0.889 bits per heavy atom. The molecule has 7 rings (SSSR count). The number of rotatable bonds is 2. The van der Waals surface area contributed by atoms with E-state index in [0.717, 1.165) is 6.33 Å². The monoisotopic (exact) mass is 672 g/mol. The number of anilines is 2. The highest BCUT2D eigenvalue weighted by atomic mass is 31.2. The van der Waals surface area contributed by atoms with E-state index in [1.165, 1.54) is 21.8 Å². The standard InChI is InChI=1S/C21H26N10O12P2/c22-15-9-16(25-4-24-15)30(5-26-9)19-12(33)13-7(40-19)1-2-44(35,36)42-14-11(32)8(3-39-45(37,38)43-13)41-20(14)31-6-27-10-17(31)28-21(23)29-18(10)34/h4-8,11-14,19-20,32-33H,1-3H2,(H,35,36)(H,37,38)(H2,22,24,25)(H3,23,28,29,34). The number of nitrogen functional groups attached to an aromatic ring is 2. The minimum absolute atomic E-state index is 0.0590. The van der Waals surface area contributed by atoms with Gasteiger partial charge in [-0.3, -0.25) is 37.0 Å². The Kier molecular flexibility index (Phi) is 7.30. The quantitative estimate of drug-likeness (QED) is 0.115. The molecule has 4 aromatic heterocycles. The van der Waals surface area contributed by atoms with Gasteiger partial charge in [0.2, 0.25) is 5.95 Å². The van der Waals surface area contributed by atoms with Gasteiger partial charge < -0.3 is 40.9 Å². The molecule has 2 bridgehead atoms. The summed E-state index contributed by atoms with van der Waals surface area (Å²) >= 11 is 0. The summed E-state index contributed by atoms with van der Waals surface area (Å²) in [6.07, 6.45) is -9.22. The highest BCUT2D eigenvalue weighted by molar-refractivity contribution is 7.52.